The topological polar surface area (TPSA) is 29.1 Å². The Bertz CT molecular complexity index is 707. The molecular formula is C16H13Cl2F2NO. The van der Waals surface area contributed by atoms with Gasteiger partial charge in [0, 0.05) is 5.02 Å². The highest BCUT2D eigenvalue weighted by Gasteiger charge is 2.16. The number of nitrogens with one attached hydrogen (secondary N) is 1. The van der Waals surface area contributed by atoms with Gasteiger partial charge in [-0.25, -0.2) is 8.78 Å². The summed E-state index contributed by atoms with van der Waals surface area (Å²) in [7, 11) is 0. The fourth-order valence-electron chi connectivity index (χ4n) is 2.05. The Morgan fingerprint density at radius 2 is 1.82 bits per heavy atom. The number of benzene rings is 2. The lowest BCUT2D eigenvalue weighted by atomic mass is 10.1. The number of carbonyl (C=O) groups is 1. The summed E-state index contributed by atoms with van der Waals surface area (Å²) < 4.78 is 27.0. The average Bonchev–Trinajstić information content (AvgIpc) is 2.45. The van der Waals surface area contributed by atoms with E-state index in [1.807, 2.05) is 0 Å². The third-order valence-corrected chi connectivity index (χ3v) is 3.81. The zero-order chi connectivity index (χ0) is 16.3. The third-order valence-electron chi connectivity index (χ3n) is 3.19. The molecule has 0 saturated carbocycles. The van der Waals surface area contributed by atoms with E-state index in [4.69, 9.17) is 23.2 Å². The fourth-order valence-corrected chi connectivity index (χ4v) is 2.60. The molecule has 1 atom stereocenters. The Morgan fingerprint density at radius 3 is 2.50 bits per heavy atom. The lowest BCUT2D eigenvalue weighted by Crippen LogP contribution is -2.28. The van der Waals surface area contributed by atoms with Gasteiger partial charge >= 0.3 is 0 Å². The highest BCUT2D eigenvalue weighted by molar-refractivity contribution is 6.35. The van der Waals surface area contributed by atoms with Crippen LogP contribution in [0.25, 0.3) is 0 Å². The first-order valence-electron chi connectivity index (χ1n) is 6.55. The molecule has 0 radical (unpaired) electrons. The van der Waals surface area contributed by atoms with Crippen molar-refractivity contribution in [2.24, 2.45) is 0 Å². The van der Waals surface area contributed by atoms with Crippen LogP contribution >= 0.6 is 23.2 Å². The molecule has 22 heavy (non-hydrogen) atoms. The molecule has 0 fully saturated rings. The number of rotatable bonds is 4. The highest BCUT2D eigenvalue weighted by atomic mass is 35.5. The summed E-state index contributed by atoms with van der Waals surface area (Å²) in [6.07, 6.45) is -0.106. The molecule has 0 saturated heterocycles. The van der Waals surface area contributed by atoms with E-state index in [1.165, 1.54) is 24.3 Å². The SMILES string of the molecule is C[C@H](NC(=O)Cc1ccccc1F)c1cc(F)c(Cl)cc1Cl. The molecule has 2 rings (SSSR count). The first-order chi connectivity index (χ1) is 10.4. The highest BCUT2D eigenvalue weighted by Crippen LogP contribution is 2.28. The quantitative estimate of drug-likeness (QED) is 0.801. The van der Waals surface area contributed by atoms with Gasteiger partial charge in [-0.2, -0.15) is 0 Å². The van der Waals surface area contributed by atoms with Gasteiger partial charge in [-0.05, 0) is 36.2 Å². The largest absolute Gasteiger partial charge is 0.349 e. The van der Waals surface area contributed by atoms with Crippen molar-refractivity contribution < 1.29 is 13.6 Å². The lowest BCUT2D eigenvalue weighted by molar-refractivity contribution is -0.121. The van der Waals surface area contributed by atoms with Crippen molar-refractivity contribution in [1.29, 1.82) is 0 Å². The van der Waals surface area contributed by atoms with Gasteiger partial charge in [0.25, 0.3) is 0 Å². The van der Waals surface area contributed by atoms with Crippen LogP contribution in [0.2, 0.25) is 10.0 Å². The van der Waals surface area contributed by atoms with Gasteiger partial charge in [0.1, 0.15) is 11.6 Å². The molecule has 0 heterocycles. The molecule has 0 aliphatic carbocycles. The smallest absolute Gasteiger partial charge is 0.225 e. The van der Waals surface area contributed by atoms with Gasteiger partial charge in [-0.1, -0.05) is 41.4 Å². The molecule has 2 nitrogen and oxygen atoms in total. The Morgan fingerprint density at radius 1 is 1.14 bits per heavy atom. The molecule has 116 valence electrons. The molecule has 1 amide bonds. The number of hydrogen-bond donors (Lipinski definition) is 1. The Hall–Kier alpha value is -1.65. The molecule has 1 N–H and O–H groups in total. The van der Waals surface area contributed by atoms with Crippen LogP contribution < -0.4 is 5.32 Å². The molecule has 6 heteroatoms. The zero-order valence-electron chi connectivity index (χ0n) is 11.7. The van der Waals surface area contributed by atoms with Crippen molar-refractivity contribution in [2.45, 2.75) is 19.4 Å². The maximum Gasteiger partial charge on any atom is 0.225 e. The normalized spacial score (nSPS) is 12.0. The van der Waals surface area contributed by atoms with E-state index in [0.717, 1.165) is 0 Å². The van der Waals surface area contributed by atoms with E-state index in [9.17, 15) is 13.6 Å². The van der Waals surface area contributed by atoms with Crippen LogP contribution in [0, 0.1) is 11.6 Å². The standard InChI is InChI=1S/C16H13Cl2F2NO/c1-9(11-7-15(20)13(18)8-12(11)17)21-16(22)6-10-4-2-3-5-14(10)19/h2-5,7-9H,6H2,1H3,(H,21,22)/t9-/m0/s1. The second-order valence-corrected chi connectivity index (χ2v) is 5.66. The monoisotopic (exact) mass is 343 g/mol. The number of halogens is 4. The van der Waals surface area contributed by atoms with Crippen molar-refractivity contribution in [3.63, 3.8) is 0 Å². The van der Waals surface area contributed by atoms with Gasteiger partial charge < -0.3 is 5.32 Å². The van der Waals surface area contributed by atoms with Crippen molar-refractivity contribution in [1.82, 2.24) is 5.32 Å². The van der Waals surface area contributed by atoms with Crippen LogP contribution in [0.1, 0.15) is 24.1 Å². The first-order valence-corrected chi connectivity index (χ1v) is 7.31. The molecule has 2 aromatic rings. The Balaban J connectivity index is 2.09. The van der Waals surface area contributed by atoms with E-state index in [0.29, 0.717) is 11.1 Å². The van der Waals surface area contributed by atoms with Gasteiger partial charge in [0.2, 0.25) is 5.91 Å². The van der Waals surface area contributed by atoms with Crippen LogP contribution in [0.15, 0.2) is 36.4 Å². The van der Waals surface area contributed by atoms with Crippen molar-refractivity contribution in [3.05, 3.63) is 69.2 Å². The van der Waals surface area contributed by atoms with Crippen LogP contribution in [0.3, 0.4) is 0 Å². The minimum atomic E-state index is -0.615. The number of amides is 1. The van der Waals surface area contributed by atoms with Gasteiger partial charge in [-0.15, -0.1) is 0 Å². The summed E-state index contributed by atoms with van der Waals surface area (Å²) in [6.45, 7) is 1.66. The van der Waals surface area contributed by atoms with E-state index in [1.54, 1.807) is 19.1 Å². The molecule has 0 aliphatic rings. The number of hydrogen-bond acceptors (Lipinski definition) is 1. The molecule has 0 aliphatic heterocycles. The molecule has 2 aromatic carbocycles. The summed E-state index contributed by atoms with van der Waals surface area (Å²) in [5.74, 6) is -1.44. The second kappa shape index (κ2) is 7.07. The Labute approximate surface area is 137 Å². The molecule has 0 spiro atoms. The number of carbonyl (C=O) groups excluding carboxylic acids is 1. The minimum absolute atomic E-state index is 0.0846. The van der Waals surface area contributed by atoms with Crippen LogP contribution in [-0.2, 0) is 11.2 Å². The summed E-state index contributed by atoms with van der Waals surface area (Å²) in [6, 6.07) is 7.97. The third kappa shape index (κ3) is 3.96. The van der Waals surface area contributed by atoms with Gasteiger partial charge in [0.05, 0.1) is 17.5 Å². The van der Waals surface area contributed by atoms with Crippen molar-refractivity contribution >= 4 is 29.1 Å². The van der Waals surface area contributed by atoms with Gasteiger partial charge in [0.15, 0.2) is 0 Å². The lowest BCUT2D eigenvalue weighted by Gasteiger charge is -2.16. The van der Waals surface area contributed by atoms with Crippen LogP contribution in [0.4, 0.5) is 8.78 Å². The Kier molecular flexibility index (Phi) is 5.37. The van der Waals surface area contributed by atoms with Crippen LogP contribution in [0.5, 0.6) is 0 Å². The van der Waals surface area contributed by atoms with E-state index < -0.39 is 17.7 Å². The summed E-state index contributed by atoms with van der Waals surface area (Å²) in [5, 5.41) is 2.83. The maximum absolute atomic E-state index is 13.5. The van der Waals surface area contributed by atoms with Crippen molar-refractivity contribution in [2.75, 3.05) is 0 Å². The van der Waals surface area contributed by atoms with E-state index >= 15 is 0 Å². The fraction of sp³-hybridized carbons (Fsp3) is 0.188. The molecule has 0 aromatic heterocycles. The summed E-state index contributed by atoms with van der Waals surface area (Å²) in [4.78, 5) is 12.0. The average molecular weight is 344 g/mol. The zero-order valence-corrected chi connectivity index (χ0v) is 13.2. The summed E-state index contributed by atoms with van der Waals surface area (Å²) in [5.41, 5.74) is 0.700. The predicted molar refractivity (Wildman–Crippen MR) is 83.1 cm³/mol. The minimum Gasteiger partial charge on any atom is -0.349 e. The predicted octanol–water partition coefficient (Wildman–Crippen LogP) is 4.69. The van der Waals surface area contributed by atoms with Gasteiger partial charge in [-0.3, -0.25) is 4.79 Å². The van der Waals surface area contributed by atoms with E-state index in [-0.39, 0.29) is 22.4 Å². The van der Waals surface area contributed by atoms with E-state index in [2.05, 4.69) is 5.32 Å². The van der Waals surface area contributed by atoms with Crippen LogP contribution in [-0.4, -0.2) is 5.91 Å². The van der Waals surface area contributed by atoms with Crippen molar-refractivity contribution in [3.8, 4) is 0 Å². The summed E-state index contributed by atoms with van der Waals surface area (Å²) >= 11 is 11.6. The molecular weight excluding hydrogens is 331 g/mol. The maximum atomic E-state index is 13.5. The molecule has 0 bridgehead atoms. The molecule has 0 unspecified atom stereocenters. The first kappa shape index (κ1) is 16.7. The second-order valence-electron chi connectivity index (χ2n) is 4.85.